The first-order valence-electron chi connectivity index (χ1n) is 6.42. The molecule has 1 N–H and O–H groups in total. The van der Waals surface area contributed by atoms with E-state index in [1.807, 2.05) is 0 Å². The van der Waals surface area contributed by atoms with Crippen LogP contribution in [0.25, 0.3) is 0 Å². The molecular weight excluding hydrogens is 306 g/mol. The highest BCUT2D eigenvalue weighted by molar-refractivity contribution is 7.90. The minimum Gasteiger partial charge on any atom is -0.598 e. The van der Waals surface area contributed by atoms with Gasteiger partial charge in [0, 0.05) is 22.5 Å². The highest BCUT2D eigenvalue weighted by Crippen LogP contribution is 2.36. The van der Waals surface area contributed by atoms with Gasteiger partial charge in [0.15, 0.2) is 0 Å². The van der Waals surface area contributed by atoms with E-state index in [4.69, 9.17) is 0 Å². The van der Waals surface area contributed by atoms with E-state index in [-0.39, 0.29) is 5.56 Å². The van der Waals surface area contributed by atoms with E-state index in [0.29, 0.717) is 0 Å². The molecule has 0 aromatic heterocycles. The average Bonchev–Trinajstić information content (AvgIpc) is 2.36. The van der Waals surface area contributed by atoms with Gasteiger partial charge in [0.25, 0.3) is 12.9 Å². The van der Waals surface area contributed by atoms with Crippen LogP contribution < -0.4 is 4.72 Å². The number of nitrogens with one attached hydrogen (secondary N) is 1. The lowest BCUT2D eigenvalue weighted by atomic mass is 9.97. The summed E-state index contributed by atoms with van der Waals surface area (Å²) < 4.78 is 66.1. The summed E-state index contributed by atoms with van der Waals surface area (Å²) in [5.74, 6) is 0. The fraction of sp³-hybridized carbons (Fsp3) is 0.571. The maximum atomic E-state index is 13.1. The minimum absolute atomic E-state index is 0.0420. The van der Waals surface area contributed by atoms with E-state index in [0.717, 1.165) is 6.07 Å². The highest BCUT2D eigenvalue weighted by Gasteiger charge is 2.31. The summed E-state index contributed by atoms with van der Waals surface area (Å²) in [6.07, 6.45) is -5.99. The molecule has 21 heavy (non-hydrogen) atoms. The molecule has 2 nitrogen and oxygen atoms in total. The number of hydrogen-bond acceptors (Lipinski definition) is 2. The third kappa shape index (κ3) is 4.59. The predicted octanol–water partition coefficient (Wildman–Crippen LogP) is 4.67. The molecule has 0 saturated heterocycles. The molecule has 1 aromatic carbocycles. The summed E-state index contributed by atoms with van der Waals surface area (Å²) in [7, 11) is 0. The Morgan fingerprint density at radius 3 is 2.00 bits per heavy atom. The zero-order valence-electron chi connectivity index (χ0n) is 12.3. The average molecular weight is 325 g/mol. The summed E-state index contributed by atoms with van der Waals surface area (Å²) in [5.41, 5.74) is -1.32. The quantitative estimate of drug-likeness (QED) is 0.630. The fourth-order valence-electron chi connectivity index (χ4n) is 1.82. The summed E-state index contributed by atoms with van der Waals surface area (Å²) in [6.45, 7) is 6.71. The van der Waals surface area contributed by atoms with Crippen LogP contribution in [0.1, 0.15) is 63.3 Å². The van der Waals surface area contributed by atoms with Gasteiger partial charge in [0.1, 0.15) is 4.75 Å². The first kappa shape index (κ1) is 18.3. The van der Waals surface area contributed by atoms with Gasteiger partial charge >= 0.3 is 0 Å². The molecule has 0 heterocycles. The van der Waals surface area contributed by atoms with Crippen LogP contribution in [0, 0.1) is 0 Å². The molecular formula is C14H19F4NOS. The van der Waals surface area contributed by atoms with Crippen molar-refractivity contribution in [2.75, 3.05) is 0 Å². The minimum atomic E-state index is -3.02. The van der Waals surface area contributed by atoms with Crippen molar-refractivity contribution in [1.82, 2.24) is 4.72 Å². The summed E-state index contributed by atoms with van der Waals surface area (Å²) in [4.78, 5) is 0. The van der Waals surface area contributed by atoms with Gasteiger partial charge in [-0.1, -0.05) is 18.2 Å². The first-order valence-corrected chi connectivity index (χ1v) is 7.57. The van der Waals surface area contributed by atoms with Crippen LogP contribution in [0.4, 0.5) is 17.6 Å². The number of benzene rings is 1. The normalized spacial score (nSPS) is 15.6. The second-order valence-corrected chi connectivity index (χ2v) is 7.67. The number of rotatable bonds is 5. The standard InChI is InChI=1S/C14H19F4NOS/c1-8(19-21(20)14(2,3)4)9-6-5-7-10(12(15)16)11(9)13(17)18/h5-8,12-13,19H,1-4H3/t8-,21-/m1/s1. The number of hydrogen-bond donors (Lipinski definition) is 1. The number of alkyl halides is 4. The SMILES string of the molecule is C[C@@H](N[S@+]([O-])C(C)(C)C)c1cccc(C(F)F)c1C(F)F. The molecule has 0 amide bonds. The third-order valence-electron chi connectivity index (χ3n) is 2.93. The number of halogens is 4. The van der Waals surface area contributed by atoms with Crippen molar-refractivity contribution < 1.29 is 22.1 Å². The molecule has 0 aliphatic rings. The van der Waals surface area contributed by atoms with Crippen molar-refractivity contribution in [2.45, 2.75) is 51.3 Å². The molecule has 1 aromatic rings. The molecule has 0 unspecified atom stereocenters. The van der Waals surface area contributed by atoms with Crippen LogP contribution in [0.15, 0.2) is 18.2 Å². The summed E-state index contributed by atoms with van der Waals surface area (Å²) in [5, 5.41) is 0. The lowest BCUT2D eigenvalue weighted by Gasteiger charge is -2.27. The molecule has 0 radical (unpaired) electrons. The van der Waals surface area contributed by atoms with Gasteiger partial charge in [-0.3, -0.25) is 0 Å². The lowest BCUT2D eigenvalue weighted by Crippen LogP contribution is -2.40. The topological polar surface area (TPSA) is 35.1 Å². The largest absolute Gasteiger partial charge is 0.598 e. The van der Waals surface area contributed by atoms with Crippen molar-refractivity contribution in [3.8, 4) is 0 Å². The Kier molecular flexibility index (Phi) is 6.07. The van der Waals surface area contributed by atoms with Crippen LogP contribution in [0.5, 0.6) is 0 Å². The highest BCUT2D eigenvalue weighted by atomic mass is 32.2. The monoisotopic (exact) mass is 325 g/mol. The Bertz CT molecular complexity index is 477. The molecule has 0 aliphatic heterocycles. The van der Waals surface area contributed by atoms with E-state index < -0.39 is 46.1 Å². The van der Waals surface area contributed by atoms with E-state index in [2.05, 4.69) is 4.72 Å². The predicted molar refractivity (Wildman–Crippen MR) is 75.8 cm³/mol. The van der Waals surface area contributed by atoms with Crippen molar-refractivity contribution in [2.24, 2.45) is 0 Å². The summed E-state index contributed by atoms with van der Waals surface area (Å²) in [6, 6.07) is 2.92. The smallest absolute Gasteiger partial charge is 0.264 e. The molecule has 0 bridgehead atoms. The lowest BCUT2D eigenvalue weighted by molar-refractivity contribution is 0.123. The zero-order valence-corrected chi connectivity index (χ0v) is 13.1. The van der Waals surface area contributed by atoms with Gasteiger partial charge < -0.3 is 4.55 Å². The Morgan fingerprint density at radius 1 is 1.05 bits per heavy atom. The second-order valence-electron chi connectivity index (χ2n) is 5.67. The molecule has 7 heteroatoms. The second kappa shape index (κ2) is 6.98. The van der Waals surface area contributed by atoms with Gasteiger partial charge in [-0.2, -0.15) is 0 Å². The Labute approximate surface area is 125 Å². The van der Waals surface area contributed by atoms with Crippen molar-refractivity contribution in [1.29, 1.82) is 0 Å². The van der Waals surface area contributed by atoms with E-state index in [1.54, 1.807) is 20.8 Å². The van der Waals surface area contributed by atoms with Crippen molar-refractivity contribution in [3.63, 3.8) is 0 Å². The Hall–Kier alpha value is -0.790. The molecule has 0 fully saturated rings. The van der Waals surface area contributed by atoms with Gasteiger partial charge in [-0.25, -0.2) is 17.6 Å². The molecule has 0 saturated carbocycles. The molecule has 0 aliphatic carbocycles. The van der Waals surface area contributed by atoms with Crippen LogP contribution in [-0.2, 0) is 11.4 Å². The van der Waals surface area contributed by atoms with Crippen molar-refractivity contribution >= 4 is 11.4 Å². The molecule has 0 spiro atoms. The first-order chi connectivity index (χ1) is 9.55. The van der Waals surface area contributed by atoms with Crippen LogP contribution in [-0.4, -0.2) is 9.30 Å². The van der Waals surface area contributed by atoms with Crippen LogP contribution in [0.2, 0.25) is 0 Å². The van der Waals surface area contributed by atoms with Crippen LogP contribution >= 0.6 is 0 Å². The van der Waals surface area contributed by atoms with Crippen molar-refractivity contribution in [3.05, 3.63) is 34.9 Å². The fourth-order valence-corrected chi connectivity index (χ4v) is 2.62. The molecule has 120 valence electrons. The van der Waals surface area contributed by atoms with Gasteiger partial charge in [-0.15, -0.1) is 4.72 Å². The zero-order chi connectivity index (χ0) is 16.4. The van der Waals surface area contributed by atoms with Gasteiger partial charge in [0.05, 0.1) is 6.04 Å². The molecule has 1 rings (SSSR count). The maximum absolute atomic E-state index is 13.1. The van der Waals surface area contributed by atoms with E-state index in [9.17, 15) is 22.1 Å². The van der Waals surface area contributed by atoms with E-state index in [1.165, 1.54) is 19.1 Å². The third-order valence-corrected chi connectivity index (χ3v) is 4.61. The summed E-state index contributed by atoms with van der Waals surface area (Å²) >= 11 is -1.49. The molecule has 2 atom stereocenters. The van der Waals surface area contributed by atoms with Gasteiger partial charge in [0.2, 0.25) is 0 Å². The van der Waals surface area contributed by atoms with Gasteiger partial charge in [-0.05, 0) is 33.3 Å². The van der Waals surface area contributed by atoms with E-state index >= 15 is 0 Å². The Balaban J connectivity index is 3.15. The Morgan fingerprint density at radius 2 is 1.57 bits per heavy atom. The van der Waals surface area contributed by atoms with Crippen LogP contribution in [0.3, 0.4) is 0 Å². The maximum Gasteiger partial charge on any atom is 0.264 e.